The Morgan fingerprint density at radius 3 is 3.25 bits per heavy atom. The molecule has 0 spiro atoms. The van der Waals surface area contributed by atoms with Crippen molar-refractivity contribution >= 4 is 27.5 Å². The smallest absolute Gasteiger partial charge is 0.262 e. The first kappa shape index (κ1) is 13.3. The predicted octanol–water partition coefficient (Wildman–Crippen LogP) is 0.278. The van der Waals surface area contributed by atoms with Crippen LogP contribution in [-0.2, 0) is 11.3 Å². The molecule has 1 amide bonds. The second kappa shape index (κ2) is 5.34. The number of carbonyl (C=O) groups excluding carboxylic acids is 1. The maximum Gasteiger partial charge on any atom is 0.262 e. The third-order valence-electron chi connectivity index (χ3n) is 3.58. The number of hydrogen-bond acceptors (Lipinski definition) is 5. The van der Waals surface area contributed by atoms with Gasteiger partial charge in [-0.25, -0.2) is 4.98 Å². The molecular formula is C13H16N4O2S. The van der Waals surface area contributed by atoms with Crippen LogP contribution < -0.4 is 10.9 Å². The molecule has 2 aromatic rings. The van der Waals surface area contributed by atoms with Crippen molar-refractivity contribution in [2.45, 2.75) is 19.5 Å². The van der Waals surface area contributed by atoms with Gasteiger partial charge in [0.05, 0.1) is 11.7 Å². The van der Waals surface area contributed by atoms with Crippen LogP contribution in [0.4, 0.5) is 0 Å². The average molecular weight is 292 g/mol. The normalized spacial score (nSPS) is 19.4. The van der Waals surface area contributed by atoms with Crippen molar-refractivity contribution in [2.75, 3.05) is 19.6 Å². The van der Waals surface area contributed by atoms with E-state index in [1.54, 1.807) is 6.07 Å². The summed E-state index contributed by atoms with van der Waals surface area (Å²) >= 11 is 1.43. The Labute approximate surface area is 120 Å². The zero-order chi connectivity index (χ0) is 14.1. The minimum absolute atomic E-state index is 0.0301. The molecule has 0 unspecified atom stereocenters. The summed E-state index contributed by atoms with van der Waals surface area (Å²) in [5, 5.41) is 5.66. The number of amides is 1. The van der Waals surface area contributed by atoms with Gasteiger partial charge in [-0.2, -0.15) is 0 Å². The van der Waals surface area contributed by atoms with Crippen LogP contribution in [0.15, 0.2) is 22.6 Å². The van der Waals surface area contributed by atoms with Crippen molar-refractivity contribution in [1.82, 2.24) is 19.8 Å². The molecule has 3 rings (SSSR count). The van der Waals surface area contributed by atoms with E-state index in [-0.39, 0.29) is 24.1 Å². The van der Waals surface area contributed by atoms with Gasteiger partial charge in [-0.3, -0.25) is 14.2 Å². The second-order valence-electron chi connectivity index (χ2n) is 4.96. The summed E-state index contributed by atoms with van der Waals surface area (Å²) in [5.41, 5.74) is -0.146. The van der Waals surface area contributed by atoms with E-state index in [1.165, 1.54) is 22.2 Å². The lowest BCUT2D eigenvalue weighted by Gasteiger charge is -2.34. The fourth-order valence-corrected chi connectivity index (χ4v) is 3.18. The van der Waals surface area contributed by atoms with Gasteiger partial charge in [0.25, 0.3) is 5.56 Å². The van der Waals surface area contributed by atoms with Crippen molar-refractivity contribution in [3.63, 3.8) is 0 Å². The summed E-state index contributed by atoms with van der Waals surface area (Å²) < 4.78 is 1.39. The third kappa shape index (κ3) is 2.34. The Balaban J connectivity index is 1.83. The Kier molecular flexibility index (Phi) is 3.54. The first-order valence-corrected chi connectivity index (χ1v) is 7.47. The molecule has 1 aliphatic heterocycles. The molecule has 3 heterocycles. The van der Waals surface area contributed by atoms with Crippen molar-refractivity contribution < 1.29 is 4.79 Å². The van der Waals surface area contributed by atoms with Crippen LogP contribution in [-0.4, -0.2) is 46.0 Å². The highest BCUT2D eigenvalue weighted by atomic mass is 32.1. The lowest BCUT2D eigenvalue weighted by atomic mass is 10.2. The van der Waals surface area contributed by atoms with Gasteiger partial charge < -0.3 is 10.2 Å². The van der Waals surface area contributed by atoms with Gasteiger partial charge >= 0.3 is 0 Å². The quantitative estimate of drug-likeness (QED) is 0.863. The summed E-state index contributed by atoms with van der Waals surface area (Å²) in [7, 11) is 0. The molecular weight excluding hydrogens is 276 g/mol. The van der Waals surface area contributed by atoms with E-state index >= 15 is 0 Å². The molecule has 106 valence electrons. The van der Waals surface area contributed by atoms with Gasteiger partial charge in [0, 0.05) is 25.7 Å². The SMILES string of the molecule is C[C@@H]1CNCCN1C(=O)Cn1cnc2sccc2c1=O. The summed E-state index contributed by atoms with van der Waals surface area (Å²) in [6.07, 6.45) is 1.46. The Morgan fingerprint density at radius 2 is 2.45 bits per heavy atom. The summed E-state index contributed by atoms with van der Waals surface area (Å²) in [4.78, 5) is 31.3. The van der Waals surface area contributed by atoms with Crippen LogP contribution in [0, 0.1) is 0 Å². The molecule has 1 N–H and O–H groups in total. The largest absolute Gasteiger partial charge is 0.336 e. The average Bonchev–Trinajstić information content (AvgIpc) is 2.91. The highest BCUT2D eigenvalue weighted by Crippen LogP contribution is 2.13. The van der Waals surface area contributed by atoms with Crippen LogP contribution in [0.25, 0.3) is 10.2 Å². The van der Waals surface area contributed by atoms with E-state index in [0.717, 1.165) is 13.1 Å². The number of rotatable bonds is 2. The fraction of sp³-hybridized carbons (Fsp3) is 0.462. The van der Waals surface area contributed by atoms with E-state index in [9.17, 15) is 9.59 Å². The number of nitrogens with zero attached hydrogens (tertiary/aromatic N) is 3. The van der Waals surface area contributed by atoms with E-state index in [1.807, 2.05) is 17.2 Å². The minimum Gasteiger partial charge on any atom is -0.336 e. The standard InChI is InChI=1S/C13H16N4O2S/c1-9-6-14-3-4-17(9)11(18)7-16-8-15-12-10(13(16)19)2-5-20-12/h2,5,8-9,14H,3-4,6-7H2,1H3/t9-/m1/s1. The predicted molar refractivity (Wildman–Crippen MR) is 77.9 cm³/mol. The summed E-state index contributed by atoms with van der Waals surface area (Å²) in [5.74, 6) is -0.0301. The monoisotopic (exact) mass is 292 g/mol. The molecule has 2 aromatic heterocycles. The maximum atomic E-state index is 12.3. The first-order chi connectivity index (χ1) is 9.66. The van der Waals surface area contributed by atoms with Crippen LogP contribution >= 0.6 is 11.3 Å². The Hall–Kier alpha value is -1.73. The van der Waals surface area contributed by atoms with Gasteiger partial charge in [0.2, 0.25) is 5.91 Å². The van der Waals surface area contributed by atoms with Gasteiger partial charge in [-0.1, -0.05) is 0 Å². The van der Waals surface area contributed by atoms with Crippen LogP contribution in [0.5, 0.6) is 0 Å². The van der Waals surface area contributed by atoms with Crippen molar-refractivity contribution in [2.24, 2.45) is 0 Å². The first-order valence-electron chi connectivity index (χ1n) is 6.59. The van der Waals surface area contributed by atoms with Crippen molar-refractivity contribution in [3.05, 3.63) is 28.1 Å². The molecule has 0 saturated carbocycles. The molecule has 1 saturated heterocycles. The van der Waals surface area contributed by atoms with Gasteiger partial charge in [0.1, 0.15) is 11.4 Å². The molecule has 0 radical (unpaired) electrons. The molecule has 6 nitrogen and oxygen atoms in total. The van der Waals surface area contributed by atoms with E-state index < -0.39 is 0 Å². The number of nitrogens with one attached hydrogen (secondary N) is 1. The molecule has 1 fully saturated rings. The Bertz CT molecular complexity index is 693. The molecule has 1 atom stereocenters. The molecule has 1 aliphatic rings. The number of aromatic nitrogens is 2. The third-order valence-corrected chi connectivity index (χ3v) is 4.40. The number of piperazine rings is 1. The van der Waals surface area contributed by atoms with Crippen LogP contribution in [0.1, 0.15) is 6.92 Å². The highest BCUT2D eigenvalue weighted by molar-refractivity contribution is 7.16. The lowest BCUT2D eigenvalue weighted by molar-refractivity contribution is -0.134. The molecule has 7 heteroatoms. The van der Waals surface area contributed by atoms with Crippen molar-refractivity contribution in [3.8, 4) is 0 Å². The lowest BCUT2D eigenvalue weighted by Crippen LogP contribution is -2.53. The van der Waals surface area contributed by atoms with Gasteiger partial charge in [0.15, 0.2) is 0 Å². The fourth-order valence-electron chi connectivity index (χ4n) is 2.45. The second-order valence-corrected chi connectivity index (χ2v) is 5.85. The zero-order valence-electron chi connectivity index (χ0n) is 11.2. The Morgan fingerprint density at radius 1 is 1.60 bits per heavy atom. The maximum absolute atomic E-state index is 12.3. The molecule has 0 aliphatic carbocycles. The summed E-state index contributed by atoms with van der Waals surface area (Å²) in [6, 6.07) is 1.91. The summed E-state index contributed by atoms with van der Waals surface area (Å²) in [6.45, 7) is 4.34. The number of hydrogen-bond donors (Lipinski definition) is 1. The molecule has 0 aromatic carbocycles. The van der Waals surface area contributed by atoms with Crippen molar-refractivity contribution in [1.29, 1.82) is 0 Å². The number of thiophene rings is 1. The topological polar surface area (TPSA) is 67.2 Å². The van der Waals surface area contributed by atoms with Crippen LogP contribution in [0.3, 0.4) is 0 Å². The molecule has 20 heavy (non-hydrogen) atoms. The number of fused-ring (bicyclic) bond motifs is 1. The van der Waals surface area contributed by atoms with E-state index in [0.29, 0.717) is 16.8 Å². The van der Waals surface area contributed by atoms with Crippen LogP contribution in [0.2, 0.25) is 0 Å². The molecule has 0 bridgehead atoms. The van der Waals surface area contributed by atoms with E-state index in [4.69, 9.17) is 0 Å². The van der Waals surface area contributed by atoms with Gasteiger partial charge in [-0.05, 0) is 18.4 Å². The van der Waals surface area contributed by atoms with Gasteiger partial charge in [-0.15, -0.1) is 11.3 Å². The zero-order valence-corrected chi connectivity index (χ0v) is 12.0. The minimum atomic E-state index is -0.146. The van der Waals surface area contributed by atoms with E-state index in [2.05, 4.69) is 10.3 Å². The highest BCUT2D eigenvalue weighted by Gasteiger charge is 2.23. The number of carbonyl (C=O) groups is 1.